The molecule has 2 aliphatic rings. The number of nitrogens with zero attached hydrogens (tertiary/aromatic N) is 1. The molecule has 1 atom stereocenters. The van der Waals surface area contributed by atoms with Gasteiger partial charge in [-0.05, 0) is 35.4 Å². The molecule has 0 bridgehead atoms. The number of nitrogens with one attached hydrogen (secondary N) is 2. The van der Waals surface area contributed by atoms with Gasteiger partial charge in [-0.3, -0.25) is 14.5 Å². The summed E-state index contributed by atoms with van der Waals surface area (Å²) < 4.78 is 29.3. The van der Waals surface area contributed by atoms with E-state index in [4.69, 9.17) is 14.2 Å². The van der Waals surface area contributed by atoms with Crippen molar-refractivity contribution in [2.45, 2.75) is 12.6 Å². The number of ether oxygens (including phenoxy) is 3. The highest BCUT2D eigenvalue weighted by atomic mass is 19.1. The van der Waals surface area contributed by atoms with E-state index in [1.54, 1.807) is 12.1 Å². The fraction of sp³-hybridized carbons (Fsp3) is 0.364. The van der Waals surface area contributed by atoms with Crippen molar-refractivity contribution in [3.8, 4) is 11.5 Å². The van der Waals surface area contributed by atoms with Gasteiger partial charge in [0.15, 0.2) is 11.5 Å². The molecule has 1 saturated heterocycles. The van der Waals surface area contributed by atoms with Gasteiger partial charge in [0.1, 0.15) is 5.82 Å². The lowest BCUT2D eigenvalue weighted by molar-refractivity contribution is -0.139. The van der Waals surface area contributed by atoms with Crippen LogP contribution in [0.4, 0.5) is 4.39 Å². The number of hydrogen-bond donors (Lipinski definition) is 2. The molecule has 0 aromatic heterocycles. The van der Waals surface area contributed by atoms with E-state index in [1.807, 2.05) is 18.2 Å². The molecule has 2 heterocycles. The smallest absolute Gasteiger partial charge is 0.309 e. The van der Waals surface area contributed by atoms with Crippen molar-refractivity contribution in [1.29, 1.82) is 0 Å². The lowest BCUT2D eigenvalue weighted by atomic mass is 10.0. The van der Waals surface area contributed by atoms with E-state index in [1.165, 1.54) is 12.1 Å². The van der Waals surface area contributed by atoms with Crippen molar-refractivity contribution in [1.82, 2.24) is 15.5 Å². The first-order valence-electron chi connectivity index (χ1n) is 10.1. The van der Waals surface area contributed by atoms with Gasteiger partial charge in [-0.15, -0.1) is 0 Å². The van der Waals surface area contributed by atoms with Gasteiger partial charge < -0.3 is 24.8 Å². The Morgan fingerprint density at radius 2 is 1.68 bits per heavy atom. The number of carbonyl (C=O) groups is 2. The summed E-state index contributed by atoms with van der Waals surface area (Å²) in [5.41, 5.74) is 1.66. The SMILES string of the molecule is O=C(NCc1ccc(F)cc1)C(=O)NC[C@H](c1ccc2c(c1)OCO2)N1CCOCC1. The van der Waals surface area contributed by atoms with Crippen LogP contribution in [0.5, 0.6) is 11.5 Å². The molecule has 8 nitrogen and oxygen atoms in total. The molecule has 0 unspecified atom stereocenters. The number of amides is 2. The second kappa shape index (κ2) is 9.76. The third kappa shape index (κ3) is 5.31. The normalized spacial score (nSPS) is 16.5. The molecule has 0 spiro atoms. The van der Waals surface area contributed by atoms with Crippen molar-refractivity contribution in [2.75, 3.05) is 39.6 Å². The quantitative estimate of drug-likeness (QED) is 0.675. The number of hydrogen-bond acceptors (Lipinski definition) is 6. The second-order valence-corrected chi connectivity index (χ2v) is 7.30. The molecule has 2 aromatic carbocycles. The molecule has 9 heteroatoms. The van der Waals surface area contributed by atoms with Crippen LogP contribution in [0.1, 0.15) is 17.2 Å². The summed E-state index contributed by atoms with van der Waals surface area (Å²) in [6.45, 7) is 3.22. The summed E-state index contributed by atoms with van der Waals surface area (Å²) in [5.74, 6) is -0.463. The Labute approximate surface area is 179 Å². The maximum Gasteiger partial charge on any atom is 0.309 e. The summed E-state index contributed by atoms with van der Waals surface area (Å²) in [6, 6.07) is 11.3. The van der Waals surface area contributed by atoms with E-state index in [0.717, 1.165) is 5.56 Å². The van der Waals surface area contributed by atoms with E-state index >= 15 is 0 Å². The van der Waals surface area contributed by atoms with Gasteiger partial charge in [0.2, 0.25) is 6.79 Å². The molecule has 0 aliphatic carbocycles. The number of carbonyl (C=O) groups excluding carboxylic acids is 2. The molecule has 0 radical (unpaired) electrons. The first-order chi connectivity index (χ1) is 15.1. The van der Waals surface area contributed by atoms with Crippen LogP contribution in [0.25, 0.3) is 0 Å². The average Bonchev–Trinajstić information content (AvgIpc) is 3.27. The fourth-order valence-corrected chi connectivity index (χ4v) is 3.60. The predicted octanol–water partition coefficient (Wildman–Crippen LogP) is 1.36. The monoisotopic (exact) mass is 429 g/mol. The van der Waals surface area contributed by atoms with Gasteiger partial charge in [-0.2, -0.15) is 0 Å². The van der Waals surface area contributed by atoms with Gasteiger partial charge in [0.25, 0.3) is 0 Å². The first-order valence-corrected chi connectivity index (χ1v) is 10.1. The van der Waals surface area contributed by atoms with Crippen molar-refractivity contribution < 1.29 is 28.2 Å². The summed E-state index contributed by atoms with van der Waals surface area (Å²) in [7, 11) is 0. The van der Waals surface area contributed by atoms with E-state index in [0.29, 0.717) is 43.4 Å². The summed E-state index contributed by atoms with van der Waals surface area (Å²) >= 11 is 0. The van der Waals surface area contributed by atoms with Gasteiger partial charge in [0, 0.05) is 26.2 Å². The summed E-state index contributed by atoms with van der Waals surface area (Å²) in [4.78, 5) is 26.8. The van der Waals surface area contributed by atoms with Gasteiger partial charge in [-0.25, -0.2) is 4.39 Å². The van der Waals surface area contributed by atoms with Crippen LogP contribution in [0.2, 0.25) is 0 Å². The number of benzene rings is 2. The second-order valence-electron chi connectivity index (χ2n) is 7.30. The van der Waals surface area contributed by atoms with Crippen LogP contribution in [-0.4, -0.2) is 56.4 Å². The van der Waals surface area contributed by atoms with Gasteiger partial charge >= 0.3 is 11.8 Å². The highest BCUT2D eigenvalue weighted by Crippen LogP contribution is 2.35. The van der Waals surface area contributed by atoms with Crippen molar-refractivity contribution in [3.05, 3.63) is 59.4 Å². The molecule has 4 rings (SSSR count). The summed E-state index contributed by atoms with van der Waals surface area (Å²) in [6.07, 6.45) is 0. The number of morpholine rings is 1. The topological polar surface area (TPSA) is 89.1 Å². The third-order valence-corrected chi connectivity index (χ3v) is 5.30. The van der Waals surface area contributed by atoms with Crippen LogP contribution < -0.4 is 20.1 Å². The van der Waals surface area contributed by atoms with Gasteiger partial charge in [0.05, 0.1) is 19.3 Å². The van der Waals surface area contributed by atoms with E-state index in [2.05, 4.69) is 15.5 Å². The highest BCUT2D eigenvalue weighted by Gasteiger charge is 2.26. The standard InChI is InChI=1S/C22H24FN3O5/c23-17-4-1-15(2-5-17)12-24-21(27)22(28)25-13-18(26-7-9-29-10-8-26)16-3-6-19-20(11-16)31-14-30-19/h1-6,11,18H,7-10,12-14H2,(H,24,27)(H,25,28)/t18-/m1/s1. The maximum absolute atomic E-state index is 13.0. The molecule has 2 aliphatic heterocycles. The first kappa shape index (κ1) is 21.1. The van der Waals surface area contributed by atoms with Crippen LogP contribution >= 0.6 is 0 Å². The number of fused-ring (bicyclic) bond motifs is 1. The van der Waals surface area contributed by atoms with E-state index in [-0.39, 0.29) is 31.7 Å². The van der Waals surface area contributed by atoms with Crippen LogP contribution in [-0.2, 0) is 20.9 Å². The van der Waals surface area contributed by atoms with Crippen LogP contribution in [0.15, 0.2) is 42.5 Å². The minimum Gasteiger partial charge on any atom is -0.454 e. The molecular weight excluding hydrogens is 405 g/mol. The minimum atomic E-state index is -0.740. The lowest BCUT2D eigenvalue weighted by Gasteiger charge is -2.34. The zero-order valence-corrected chi connectivity index (χ0v) is 16.9. The zero-order chi connectivity index (χ0) is 21.6. The maximum atomic E-state index is 13.0. The Hall–Kier alpha value is -3.17. The highest BCUT2D eigenvalue weighted by molar-refractivity contribution is 6.35. The van der Waals surface area contributed by atoms with E-state index < -0.39 is 11.8 Å². The zero-order valence-electron chi connectivity index (χ0n) is 16.9. The molecule has 31 heavy (non-hydrogen) atoms. The molecule has 2 N–H and O–H groups in total. The molecule has 2 amide bonds. The average molecular weight is 429 g/mol. The number of rotatable bonds is 6. The molecule has 0 saturated carbocycles. The number of halogens is 1. The molecule has 1 fully saturated rings. The van der Waals surface area contributed by atoms with Crippen molar-refractivity contribution in [3.63, 3.8) is 0 Å². The minimum absolute atomic E-state index is 0.140. The van der Waals surface area contributed by atoms with Crippen LogP contribution in [0, 0.1) is 5.82 Å². The Balaban J connectivity index is 1.37. The third-order valence-electron chi connectivity index (χ3n) is 5.30. The molecular formula is C22H24FN3O5. The Bertz CT molecular complexity index is 931. The lowest BCUT2D eigenvalue weighted by Crippen LogP contribution is -2.46. The summed E-state index contributed by atoms with van der Waals surface area (Å²) in [5, 5.41) is 5.28. The van der Waals surface area contributed by atoms with Crippen LogP contribution in [0.3, 0.4) is 0 Å². The largest absolute Gasteiger partial charge is 0.454 e. The van der Waals surface area contributed by atoms with E-state index in [9.17, 15) is 14.0 Å². The Morgan fingerprint density at radius 1 is 0.968 bits per heavy atom. The predicted molar refractivity (Wildman–Crippen MR) is 109 cm³/mol. The van der Waals surface area contributed by atoms with Gasteiger partial charge in [-0.1, -0.05) is 18.2 Å². The van der Waals surface area contributed by atoms with Crippen molar-refractivity contribution in [2.24, 2.45) is 0 Å². The molecule has 2 aromatic rings. The Kier molecular flexibility index (Phi) is 6.63. The van der Waals surface area contributed by atoms with Crippen molar-refractivity contribution >= 4 is 11.8 Å². The fourth-order valence-electron chi connectivity index (χ4n) is 3.60. The molecule has 164 valence electrons. The Morgan fingerprint density at radius 3 is 2.45 bits per heavy atom.